The third kappa shape index (κ3) is 15.6. The van der Waals surface area contributed by atoms with Crippen molar-refractivity contribution in [3.05, 3.63) is 42.7 Å². The summed E-state index contributed by atoms with van der Waals surface area (Å²) in [6.45, 7) is 4.50. The van der Waals surface area contributed by atoms with Gasteiger partial charge >= 0.3 is 29.0 Å². The molecule has 0 saturated carbocycles. The van der Waals surface area contributed by atoms with Crippen LogP contribution in [0.5, 0.6) is 0 Å². The molecule has 0 fully saturated rings. The largest absolute Gasteiger partial charge is 0.214 e. The van der Waals surface area contributed by atoms with Crippen LogP contribution in [0.4, 0.5) is 0 Å². The molecule has 0 aliphatic heterocycles. The van der Waals surface area contributed by atoms with Crippen LogP contribution in [-0.4, -0.2) is 0 Å². The molecular formula is C7H5MnOS-. The van der Waals surface area contributed by atoms with Crippen molar-refractivity contribution in [2.24, 2.45) is 0 Å². The Morgan fingerprint density at radius 3 is 1.50 bits per heavy atom. The molecule has 0 saturated heterocycles. The standard InChI is InChI=1S/C5H5.CO.CS.Mn/c1-2-4-5-3-1;2*1-2;/h1-5H;;;/q-1;;;. The van der Waals surface area contributed by atoms with E-state index in [1.807, 2.05) is 30.3 Å². The molecule has 0 aliphatic rings. The molecule has 0 aromatic heterocycles. The molecule has 0 N–H and O–H groups in total. The Morgan fingerprint density at radius 1 is 1.10 bits per heavy atom. The van der Waals surface area contributed by atoms with E-state index in [0.717, 1.165) is 0 Å². The van der Waals surface area contributed by atoms with Crippen molar-refractivity contribution in [3.8, 4) is 0 Å². The van der Waals surface area contributed by atoms with Crippen molar-refractivity contribution in [1.82, 2.24) is 0 Å². The van der Waals surface area contributed by atoms with Crippen molar-refractivity contribution in [3.63, 3.8) is 0 Å². The summed E-state index contributed by atoms with van der Waals surface area (Å²) in [6.07, 6.45) is 0. The third-order valence-electron chi connectivity index (χ3n) is 0.556. The third-order valence-corrected chi connectivity index (χ3v) is 0.556. The molecule has 0 aliphatic carbocycles. The van der Waals surface area contributed by atoms with Gasteiger partial charge in [0.2, 0.25) is 0 Å². The Kier molecular flexibility index (Phi) is 38.2. The van der Waals surface area contributed by atoms with Gasteiger partial charge in [0.15, 0.2) is 0 Å². The van der Waals surface area contributed by atoms with Gasteiger partial charge in [-0.1, -0.05) is 0 Å². The number of hydrogen-bond acceptors (Lipinski definition) is 0. The van der Waals surface area contributed by atoms with E-state index < -0.39 is 0 Å². The summed E-state index contributed by atoms with van der Waals surface area (Å²) in [5, 5.41) is 0. The summed E-state index contributed by atoms with van der Waals surface area (Å²) in [5.41, 5.74) is 5.33. The molecule has 0 spiro atoms. The van der Waals surface area contributed by atoms with Gasteiger partial charge in [-0.05, 0) is 0 Å². The Morgan fingerprint density at radius 2 is 1.40 bits per heavy atom. The maximum Gasteiger partial charge on any atom is 0 e. The van der Waals surface area contributed by atoms with Crippen LogP contribution in [0.2, 0.25) is 0 Å². The molecule has 0 atom stereocenters. The first-order valence-electron chi connectivity index (χ1n) is 2.07. The van der Waals surface area contributed by atoms with Gasteiger partial charge < -0.3 is 0 Å². The van der Waals surface area contributed by atoms with E-state index >= 15 is 0 Å². The molecular weight excluding hydrogens is 187 g/mol. The van der Waals surface area contributed by atoms with Gasteiger partial charge in [-0.2, -0.15) is 18.2 Å². The summed E-state index contributed by atoms with van der Waals surface area (Å²) in [4.78, 5) is 0. The van der Waals surface area contributed by atoms with Crippen LogP contribution in [0.15, 0.2) is 30.3 Å². The van der Waals surface area contributed by atoms with Crippen molar-refractivity contribution in [1.29, 1.82) is 0 Å². The van der Waals surface area contributed by atoms with Crippen molar-refractivity contribution in [2.45, 2.75) is 0 Å². The molecule has 53 valence electrons. The van der Waals surface area contributed by atoms with Crippen LogP contribution in [0.3, 0.4) is 0 Å². The van der Waals surface area contributed by atoms with Crippen LogP contribution >= 0.6 is 0 Å². The normalized spacial score (nSPS) is 4.40. The molecule has 1 aromatic rings. The zero-order valence-corrected chi connectivity index (χ0v) is 7.08. The second-order valence-electron chi connectivity index (χ2n) is 0.962. The minimum Gasteiger partial charge on any atom is -0.214 e. The van der Waals surface area contributed by atoms with Crippen LogP contribution in [0.25, 0.3) is 0 Å². The summed E-state index contributed by atoms with van der Waals surface area (Å²) < 4.78 is 7.50. The first-order chi connectivity index (χ1) is 4.50. The number of hydrogen-bond donors (Lipinski definition) is 0. The molecule has 1 radical (unpaired) electrons. The molecule has 10 heavy (non-hydrogen) atoms. The average Bonchev–Trinajstić information content (AvgIpc) is 2.51. The smallest absolute Gasteiger partial charge is 0 e. The Labute approximate surface area is 76.6 Å². The summed E-state index contributed by atoms with van der Waals surface area (Å²) >= 11 is 3.33. The zero-order valence-electron chi connectivity index (χ0n) is 5.08. The Balaban J connectivity index is -0.0000000875. The van der Waals surface area contributed by atoms with Gasteiger partial charge in [-0.3, -0.25) is 0 Å². The first kappa shape index (κ1) is 16.4. The molecule has 1 aromatic carbocycles. The second kappa shape index (κ2) is 23.3. The van der Waals surface area contributed by atoms with E-state index in [1.54, 1.807) is 0 Å². The van der Waals surface area contributed by atoms with Crippen LogP contribution in [-0.2, 0) is 33.8 Å². The summed E-state index contributed by atoms with van der Waals surface area (Å²) in [6, 6.07) is 10.0. The van der Waals surface area contributed by atoms with Crippen molar-refractivity contribution in [2.75, 3.05) is 0 Å². The van der Waals surface area contributed by atoms with E-state index in [4.69, 9.17) is 10.3 Å². The fourth-order valence-corrected chi connectivity index (χ4v) is 0.321. The van der Waals surface area contributed by atoms with Crippen molar-refractivity contribution >= 4 is 12.0 Å². The summed E-state index contributed by atoms with van der Waals surface area (Å²) in [7, 11) is 0. The van der Waals surface area contributed by atoms with Gasteiger partial charge in [-0.25, -0.2) is 12.1 Å². The molecule has 1 nitrogen and oxygen atoms in total. The quantitative estimate of drug-likeness (QED) is 0.337. The van der Waals surface area contributed by atoms with Gasteiger partial charge in [0, 0.05) is 17.1 Å². The van der Waals surface area contributed by atoms with Gasteiger partial charge in [0.1, 0.15) is 0 Å². The maximum atomic E-state index is 7.50. The van der Waals surface area contributed by atoms with E-state index in [-0.39, 0.29) is 17.1 Å². The average molecular weight is 192 g/mol. The van der Waals surface area contributed by atoms with Crippen LogP contribution < -0.4 is 0 Å². The van der Waals surface area contributed by atoms with Crippen LogP contribution in [0.1, 0.15) is 0 Å². The first-order valence-corrected chi connectivity index (χ1v) is 2.48. The molecule has 0 bridgehead atoms. The number of rotatable bonds is 0. The van der Waals surface area contributed by atoms with Gasteiger partial charge in [0.25, 0.3) is 0 Å². The van der Waals surface area contributed by atoms with E-state index in [0.29, 0.717) is 0 Å². The second-order valence-corrected chi connectivity index (χ2v) is 0.962. The van der Waals surface area contributed by atoms with E-state index in [9.17, 15) is 0 Å². The summed E-state index contributed by atoms with van der Waals surface area (Å²) in [5.74, 6) is 0. The predicted octanol–water partition coefficient (Wildman–Crippen LogP) is 1.44. The molecule has 3 heteroatoms. The van der Waals surface area contributed by atoms with Crippen LogP contribution in [0, 0.1) is 12.3 Å². The fraction of sp³-hybridized carbons (Fsp3) is 0. The van der Waals surface area contributed by atoms with E-state index in [1.165, 1.54) is 0 Å². The minimum absolute atomic E-state index is 0. The predicted molar refractivity (Wildman–Crippen MR) is 36.6 cm³/mol. The van der Waals surface area contributed by atoms with Gasteiger partial charge in [0.05, 0.1) is 0 Å². The Bertz CT molecular complexity index is 120. The molecule has 0 amide bonds. The minimum atomic E-state index is 0. The topological polar surface area (TPSA) is 19.9 Å². The molecule has 0 unspecified atom stereocenters. The fourth-order valence-electron chi connectivity index (χ4n) is 0.321. The van der Waals surface area contributed by atoms with Gasteiger partial charge in [-0.15, -0.1) is 0 Å². The molecule has 0 heterocycles. The van der Waals surface area contributed by atoms with E-state index in [2.05, 4.69) is 18.7 Å². The molecule has 1 rings (SSSR count). The zero-order chi connectivity index (χ0) is 7.54. The monoisotopic (exact) mass is 192 g/mol. The van der Waals surface area contributed by atoms with Crippen molar-refractivity contribution < 1.29 is 21.7 Å². The Hall–Kier alpha value is -0.261. The SMILES string of the molecule is [C-]#[O+].[C-]#[S+].[Mn].c1cc[cH-]c1. The maximum absolute atomic E-state index is 7.50.